The third-order valence-electron chi connectivity index (χ3n) is 8.53. The minimum Gasteiger partial charge on any atom is -0.508 e. The standard InChI is InChI=1S/C39H51O3PSi/c1-7-42-44(5,6)29-13-11-9-8-10-12-28-41-38-27-20-34(40)30-39(38)43(35-21-14-31(2)15-22-35,36-23-16-32(3)17-24-36)37-25-18-33(4)19-26-37/h14-27,30H,7-13,28-29H2,1-6H3/p+1. The summed E-state index contributed by atoms with van der Waals surface area (Å²) >= 11 is 0. The molecule has 0 heterocycles. The predicted octanol–water partition coefficient (Wildman–Crippen LogP) is 8.90. The van der Waals surface area contributed by atoms with Gasteiger partial charge >= 0.3 is 0 Å². The molecule has 4 aromatic carbocycles. The first-order chi connectivity index (χ1) is 21.2. The van der Waals surface area contributed by atoms with Crippen LogP contribution in [-0.4, -0.2) is 26.6 Å². The molecule has 0 aliphatic heterocycles. The van der Waals surface area contributed by atoms with Gasteiger partial charge in [-0.2, -0.15) is 0 Å². The molecule has 0 atom stereocenters. The lowest BCUT2D eigenvalue weighted by Crippen LogP contribution is -2.39. The average molecular weight is 628 g/mol. The van der Waals surface area contributed by atoms with E-state index in [1.165, 1.54) is 64.3 Å². The molecule has 4 aromatic rings. The van der Waals surface area contributed by atoms with Gasteiger partial charge in [0.25, 0.3) is 0 Å². The monoisotopic (exact) mass is 627 g/mol. The first-order valence-corrected chi connectivity index (χ1v) is 21.3. The maximum atomic E-state index is 10.9. The zero-order valence-electron chi connectivity index (χ0n) is 27.7. The first-order valence-electron chi connectivity index (χ1n) is 16.4. The van der Waals surface area contributed by atoms with Gasteiger partial charge in [-0.25, -0.2) is 0 Å². The molecule has 0 aliphatic rings. The topological polar surface area (TPSA) is 38.7 Å². The van der Waals surface area contributed by atoms with Crippen LogP contribution in [0.4, 0.5) is 0 Å². The maximum Gasteiger partial charge on any atom is 0.186 e. The number of unbranched alkanes of at least 4 members (excludes halogenated alkanes) is 5. The summed E-state index contributed by atoms with van der Waals surface area (Å²) < 4.78 is 12.6. The molecule has 0 saturated carbocycles. The third-order valence-corrected chi connectivity index (χ3v) is 15.5. The molecule has 0 aliphatic carbocycles. The molecule has 3 nitrogen and oxygen atoms in total. The van der Waals surface area contributed by atoms with E-state index in [9.17, 15) is 5.11 Å². The van der Waals surface area contributed by atoms with Gasteiger partial charge in [0.1, 0.15) is 28.9 Å². The van der Waals surface area contributed by atoms with Gasteiger partial charge in [-0.05, 0) is 102 Å². The second-order valence-corrected chi connectivity index (χ2v) is 20.4. The SMILES string of the molecule is CCO[Si](C)(C)CCCCCCCCOc1ccc(O)cc1[P+](c1ccc(C)cc1)(c1ccc(C)cc1)c1ccc(C)cc1. The van der Waals surface area contributed by atoms with Gasteiger partial charge in [-0.3, -0.25) is 0 Å². The molecule has 4 rings (SSSR count). The maximum absolute atomic E-state index is 10.9. The van der Waals surface area contributed by atoms with Crippen molar-refractivity contribution in [3.63, 3.8) is 0 Å². The Labute approximate surface area is 268 Å². The molecule has 0 unspecified atom stereocenters. The highest BCUT2D eigenvalue weighted by atomic mass is 31.2. The van der Waals surface area contributed by atoms with Gasteiger partial charge in [0.15, 0.2) is 19.4 Å². The van der Waals surface area contributed by atoms with Crippen molar-refractivity contribution in [1.82, 2.24) is 0 Å². The van der Waals surface area contributed by atoms with Crippen LogP contribution >= 0.6 is 7.26 Å². The van der Waals surface area contributed by atoms with Crippen LogP contribution in [0.3, 0.4) is 0 Å². The Kier molecular flexibility index (Phi) is 12.3. The third kappa shape index (κ3) is 8.62. The minimum atomic E-state index is -2.41. The number of hydrogen-bond donors (Lipinski definition) is 1. The van der Waals surface area contributed by atoms with Gasteiger partial charge in [0, 0.05) is 12.7 Å². The fourth-order valence-corrected chi connectivity index (χ4v) is 12.4. The summed E-state index contributed by atoms with van der Waals surface area (Å²) in [5, 5.41) is 15.7. The summed E-state index contributed by atoms with van der Waals surface area (Å²) in [5.41, 5.74) is 3.69. The van der Waals surface area contributed by atoms with E-state index in [1.807, 2.05) is 12.1 Å². The zero-order chi connectivity index (χ0) is 31.6. The fraction of sp³-hybridized carbons (Fsp3) is 0.385. The summed E-state index contributed by atoms with van der Waals surface area (Å²) in [6, 6.07) is 33.8. The first kappa shape index (κ1) is 34.0. The number of aromatic hydroxyl groups is 1. The smallest absolute Gasteiger partial charge is 0.186 e. The molecule has 0 radical (unpaired) electrons. The largest absolute Gasteiger partial charge is 0.508 e. The highest BCUT2D eigenvalue weighted by Crippen LogP contribution is 2.56. The van der Waals surface area contributed by atoms with Gasteiger partial charge < -0.3 is 14.3 Å². The minimum absolute atomic E-state index is 0.263. The molecule has 5 heteroatoms. The average Bonchev–Trinajstić information content (AvgIpc) is 3.00. The molecule has 234 valence electrons. The molecular weight excluding hydrogens is 575 g/mol. The lowest BCUT2D eigenvalue weighted by molar-refractivity contribution is 0.306. The number of benzene rings is 4. The lowest BCUT2D eigenvalue weighted by Gasteiger charge is -2.29. The Bertz CT molecular complexity index is 1340. The molecule has 0 spiro atoms. The summed E-state index contributed by atoms with van der Waals surface area (Å²) in [5.74, 6) is 1.12. The number of phenolic OH excluding ortho intramolecular Hbond substituents is 1. The van der Waals surface area contributed by atoms with E-state index in [-0.39, 0.29) is 5.75 Å². The molecular formula is C39H52O3PSi+. The van der Waals surface area contributed by atoms with Crippen molar-refractivity contribution >= 4 is 36.8 Å². The van der Waals surface area contributed by atoms with E-state index in [0.29, 0.717) is 6.61 Å². The van der Waals surface area contributed by atoms with Gasteiger partial charge in [0.05, 0.1) is 6.61 Å². The Morgan fingerprint density at radius 2 is 1.07 bits per heavy atom. The van der Waals surface area contributed by atoms with Crippen LogP contribution in [0.2, 0.25) is 19.1 Å². The van der Waals surface area contributed by atoms with Crippen LogP contribution in [0, 0.1) is 20.8 Å². The number of aryl methyl sites for hydroxylation is 3. The van der Waals surface area contributed by atoms with Crippen molar-refractivity contribution in [3.8, 4) is 11.5 Å². The van der Waals surface area contributed by atoms with Crippen LogP contribution in [0.15, 0.2) is 91.0 Å². The van der Waals surface area contributed by atoms with E-state index < -0.39 is 15.6 Å². The quantitative estimate of drug-likeness (QED) is 0.0766. The van der Waals surface area contributed by atoms with Crippen LogP contribution in [0.5, 0.6) is 11.5 Å². The second-order valence-electron chi connectivity index (χ2n) is 12.7. The molecule has 1 N–H and O–H groups in total. The summed E-state index contributed by atoms with van der Waals surface area (Å²) in [6.07, 6.45) is 7.23. The normalized spacial score (nSPS) is 12.0. The van der Waals surface area contributed by atoms with Crippen molar-refractivity contribution in [2.24, 2.45) is 0 Å². The van der Waals surface area contributed by atoms with E-state index in [1.54, 1.807) is 6.07 Å². The molecule has 44 heavy (non-hydrogen) atoms. The van der Waals surface area contributed by atoms with Crippen molar-refractivity contribution in [2.45, 2.75) is 85.4 Å². The number of hydrogen-bond acceptors (Lipinski definition) is 3. The number of phenols is 1. The highest BCUT2D eigenvalue weighted by Gasteiger charge is 2.50. The van der Waals surface area contributed by atoms with Crippen molar-refractivity contribution < 1.29 is 14.3 Å². The van der Waals surface area contributed by atoms with Crippen LogP contribution in [0.1, 0.15) is 62.1 Å². The zero-order valence-corrected chi connectivity index (χ0v) is 29.6. The van der Waals surface area contributed by atoms with Crippen LogP contribution in [0.25, 0.3) is 0 Å². The van der Waals surface area contributed by atoms with Crippen molar-refractivity contribution in [1.29, 1.82) is 0 Å². The fourth-order valence-electron chi connectivity index (χ4n) is 6.06. The Morgan fingerprint density at radius 1 is 0.614 bits per heavy atom. The van der Waals surface area contributed by atoms with E-state index >= 15 is 0 Å². The van der Waals surface area contributed by atoms with E-state index in [2.05, 4.69) is 114 Å². The van der Waals surface area contributed by atoms with Gasteiger partial charge in [-0.1, -0.05) is 85.2 Å². The summed E-state index contributed by atoms with van der Waals surface area (Å²) in [4.78, 5) is 0. The number of ether oxygens (including phenoxy) is 1. The van der Waals surface area contributed by atoms with Crippen molar-refractivity contribution in [2.75, 3.05) is 13.2 Å². The Hall–Kier alpha value is -2.91. The Morgan fingerprint density at radius 3 is 1.55 bits per heavy atom. The van der Waals surface area contributed by atoms with E-state index in [0.717, 1.165) is 30.5 Å². The molecule has 0 aromatic heterocycles. The summed E-state index contributed by atoms with van der Waals surface area (Å²) in [7, 11) is -3.88. The van der Waals surface area contributed by atoms with Crippen molar-refractivity contribution in [3.05, 3.63) is 108 Å². The van der Waals surface area contributed by atoms with E-state index in [4.69, 9.17) is 9.16 Å². The predicted molar refractivity (Wildman–Crippen MR) is 194 cm³/mol. The van der Waals surface area contributed by atoms with Crippen LogP contribution in [-0.2, 0) is 4.43 Å². The van der Waals surface area contributed by atoms with Gasteiger partial charge in [-0.15, -0.1) is 0 Å². The lowest BCUT2D eigenvalue weighted by atomic mass is 10.1. The molecule has 0 fully saturated rings. The van der Waals surface area contributed by atoms with Crippen LogP contribution < -0.4 is 26.0 Å². The molecule has 0 bridgehead atoms. The second kappa shape index (κ2) is 15.9. The van der Waals surface area contributed by atoms with Gasteiger partial charge in [0.2, 0.25) is 0 Å². The summed E-state index contributed by atoms with van der Waals surface area (Å²) in [6.45, 7) is 14.7. The molecule has 0 amide bonds. The Balaban J connectivity index is 1.61. The molecule has 0 saturated heterocycles. The highest BCUT2D eigenvalue weighted by molar-refractivity contribution is 8.01. The number of rotatable bonds is 16.